The molecule has 1 saturated carbocycles. The largest absolute Gasteiger partial charge is 0.305 e. The average Bonchev–Trinajstić information content (AvgIpc) is 2.97. The minimum absolute atomic E-state index is 0.257. The molecule has 1 unspecified atom stereocenters. The first-order valence-corrected chi connectivity index (χ1v) is 7.74. The zero-order valence-corrected chi connectivity index (χ0v) is 12.2. The maximum absolute atomic E-state index is 9.54. The van der Waals surface area contributed by atoms with Crippen molar-refractivity contribution in [3.8, 4) is 6.07 Å². The standard InChI is InChI=1S/C16H17N3S/c1-12(15-18-7-8-20-15)19-14-9-16(10-14,11-17)13-5-3-2-4-6-13/h2-8,12,14,19H,9-10H2,1H3. The molecule has 1 atom stereocenters. The van der Waals surface area contributed by atoms with Crippen molar-refractivity contribution in [1.82, 2.24) is 10.3 Å². The van der Waals surface area contributed by atoms with E-state index in [1.165, 1.54) is 0 Å². The molecule has 20 heavy (non-hydrogen) atoms. The summed E-state index contributed by atoms with van der Waals surface area (Å²) in [6, 6.07) is 13.3. The van der Waals surface area contributed by atoms with Crippen LogP contribution in [0.2, 0.25) is 0 Å². The fourth-order valence-corrected chi connectivity index (χ4v) is 3.58. The zero-order valence-electron chi connectivity index (χ0n) is 11.4. The van der Waals surface area contributed by atoms with Crippen LogP contribution in [0.25, 0.3) is 0 Å². The highest BCUT2D eigenvalue weighted by Gasteiger charge is 2.46. The van der Waals surface area contributed by atoms with Gasteiger partial charge < -0.3 is 5.32 Å². The SMILES string of the molecule is CC(NC1CC(C#N)(c2ccccc2)C1)c1nccs1. The van der Waals surface area contributed by atoms with Gasteiger partial charge in [0.05, 0.1) is 17.5 Å². The first-order chi connectivity index (χ1) is 9.73. The van der Waals surface area contributed by atoms with Crippen molar-refractivity contribution in [3.05, 3.63) is 52.5 Å². The lowest BCUT2D eigenvalue weighted by molar-refractivity contribution is 0.212. The molecular weight excluding hydrogens is 266 g/mol. The minimum atomic E-state index is -0.304. The molecule has 1 aliphatic rings. The van der Waals surface area contributed by atoms with Crippen LogP contribution in [0.4, 0.5) is 0 Å². The van der Waals surface area contributed by atoms with Crippen LogP contribution in [-0.2, 0) is 5.41 Å². The molecule has 2 aromatic rings. The molecule has 1 heterocycles. The van der Waals surface area contributed by atoms with Gasteiger partial charge in [-0.15, -0.1) is 11.3 Å². The minimum Gasteiger partial charge on any atom is -0.305 e. The Kier molecular flexibility index (Phi) is 3.56. The van der Waals surface area contributed by atoms with Crippen LogP contribution in [0, 0.1) is 11.3 Å². The van der Waals surface area contributed by atoms with E-state index >= 15 is 0 Å². The van der Waals surface area contributed by atoms with Crippen molar-refractivity contribution in [2.24, 2.45) is 0 Å². The van der Waals surface area contributed by atoms with Crippen LogP contribution >= 0.6 is 11.3 Å². The Labute approximate surface area is 123 Å². The molecule has 0 radical (unpaired) electrons. The lowest BCUT2D eigenvalue weighted by Crippen LogP contribution is -2.51. The molecule has 0 aliphatic heterocycles. The Bertz CT molecular complexity index is 594. The Balaban J connectivity index is 1.64. The number of thiazole rings is 1. The van der Waals surface area contributed by atoms with Crippen molar-refractivity contribution in [2.75, 3.05) is 0 Å². The van der Waals surface area contributed by atoms with Gasteiger partial charge in [0.2, 0.25) is 0 Å². The fourth-order valence-electron chi connectivity index (χ4n) is 2.92. The molecule has 4 heteroatoms. The van der Waals surface area contributed by atoms with Crippen LogP contribution in [0.3, 0.4) is 0 Å². The first kappa shape index (κ1) is 13.3. The van der Waals surface area contributed by atoms with Gasteiger partial charge in [-0.25, -0.2) is 4.98 Å². The molecule has 1 fully saturated rings. The predicted molar refractivity (Wildman–Crippen MR) is 80.4 cm³/mol. The van der Waals surface area contributed by atoms with Crippen LogP contribution in [-0.4, -0.2) is 11.0 Å². The lowest BCUT2D eigenvalue weighted by Gasteiger charge is -2.44. The van der Waals surface area contributed by atoms with Gasteiger partial charge in [0, 0.05) is 17.6 Å². The summed E-state index contributed by atoms with van der Waals surface area (Å²) in [6.45, 7) is 2.13. The number of nitrogens with zero attached hydrogens (tertiary/aromatic N) is 2. The van der Waals surface area contributed by atoms with E-state index in [0.29, 0.717) is 6.04 Å². The summed E-state index contributed by atoms with van der Waals surface area (Å²) in [4.78, 5) is 4.33. The second kappa shape index (κ2) is 5.35. The molecular formula is C16H17N3S. The summed E-state index contributed by atoms with van der Waals surface area (Å²) in [5.41, 5.74) is 0.837. The van der Waals surface area contributed by atoms with E-state index in [-0.39, 0.29) is 11.5 Å². The highest BCUT2D eigenvalue weighted by molar-refractivity contribution is 7.09. The number of rotatable bonds is 4. The second-order valence-corrected chi connectivity index (χ2v) is 6.35. The highest BCUT2D eigenvalue weighted by Crippen LogP contribution is 2.44. The molecule has 0 saturated heterocycles. The highest BCUT2D eigenvalue weighted by atomic mass is 32.1. The third kappa shape index (κ3) is 2.35. The van der Waals surface area contributed by atoms with Gasteiger partial charge in [0.25, 0.3) is 0 Å². The molecule has 0 bridgehead atoms. The van der Waals surface area contributed by atoms with Gasteiger partial charge in [-0.2, -0.15) is 5.26 Å². The van der Waals surface area contributed by atoms with E-state index in [0.717, 1.165) is 23.4 Å². The molecule has 0 amide bonds. The number of nitrogens with one attached hydrogen (secondary N) is 1. The lowest BCUT2D eigenvalue weighted by atomic mass is 9.62. The molecule has 3 nitrogen and oxygen atoms in total. The quantitative estimate of drug-likeness (QED) is 0.935. The van der Waals surface area contributed by atoms with Gasteiger partial charge in [0.15, 0.2) is 0 Å². The van der Waals surface area contributed by atoms with Crippen molar-refractivity contribution in [3.63, 3.8) is 0 Å². The Morgan fingerprint density at radius 3 is 2.75 bits per heavy atom. The van der Waals surface area contributed by atoms with Gasteiger partial charge in [-0.05, 0) is 25.3 Å². The number of benzene rings is 1. The summed E-state index contributed by atoms with van der Waals surface area (Å²) >= 11 is 1.67. The monoisotopic (exact) mass is 283 g/mol. The Hall–Kier alpha value is -1.70. The van der Waals surface area contributed by atoms with Crippen LogP contribution in [0.5, 0.6) is 0 Å². The van der Waals surface area contributed by atoms with Crippen molar-refractivity contribution in [1.29, 1.82) is 5.26 Å². The van der Waals surface area contributed by atoms with Gasteiger partial charge in [0.1, 0.15) is 5.01 Å². The van der Waals surface area contributed by atoms with E-state index < -0.39 is 0 Å². The maximum Gasteiger partial charge on any atom is 0.109 e. The van der Waals surface area contributed by atoms with Gasteiger partial charge >= 0.3 is 0 Å². The smallest absolute Gasteiger partial charge is 0.109 e. The topological polar surface area (TPSA) is 48.7 Å². The van der Waals surface area contributed by atoms with Gasteiger partial charge in [-0.1, -0.05) is 30.3 Å². The number of hydrogen-bond donors (Lipinski definition) is 1. The number of hydrogen-bond acceptors (Lipinski definition) is 4. The van der Waals surface area contributed by atoms with E-state index in [9.17, 15) is 5.26 Å². The third-order valence-electron chi connectivity index (χ3n) is 4.04. The molecule has 1 aliphatic carbocycles. The van der Waals surface area contributed by atoms with E-state index in [1.807, 2.05) is 29.8 Å². The fraction of sp³-hybridized carbons (Fsp3) is 0.375. The van der Waals surface area contributed by atoms with Crippen LogP contribution in [0.1, 0.15) is 36.4 Å². The van der Waals surface area contributed by atoms with Crippen molar-refractivity contribution in [2.45, 2.75) is 37.3 Å². The van der Waals surface area contributed by atoms with Crippen molar-refractivity contribution >= 4 is 11.3 Å². The van der Waals surface area contributed by atoms with E-state index in [2.05, 4.69) is 35.4 Å². The summed E-state index contributed by atoms with van der Waals surface area (Å²) in [7, 11) is 0. The van der Waals surface area contributed by atoms with E-state index in [1.54, 1.807) is 11.3 Å². The predicted octanol–water partition coefficient (Wildman–Crippen LogP) is 3.42. The number of nitriles is 1. The van der Waals surface area contributed by atoms with Crippen LogP contribution < -0.4 is 5.32 Å². The summed E-state index contributed by atoms with van der Waals surface area (Å²) < 4.78 is 0. The molecule has 1 aromatic carbocycles. The first-order valence-electron chi connectivity index (χ1n) is 6.86. The molecule has 0 spiro atoms. The number of aromatic nitrogens is 1. The summed E-state index contributed by atoms with van der Waals surface area (Å²) in [5, 5.41) is 16.2. The molecule has 102 valence electrons. The normalized spacial score (nSPS) is 26.5. The van der Waals surface area contributed by atoms with E-state index in [4.69, 9.17) is 0 Å². The van der Waals surface area contributed by atoms with Gasteiger partial charge in [-0.3, -0.25) is 0 Å². The Morgan fingerprint density at radius 2 is 2.15 bits per heavy atom. The second-order valence-electron chi connectivity index (χ2n) is 5.42. The molecule has 3 rings (SSSR count). The zero-order chi connectivity index (χ0) is 14.0. The Morgan fingerprint density at radius 1 is 1.40 bits per heavy atom. The summed E-state index contributed by atoms with van der Waals surface area (Å²) in [6.07, 6.45) is 3.59. The molecule has 1 aromatic heterocycles. The average molecular weight is 283 g/mol. The van der Waals surface area contributed by atoms with Crippen molar-refractivity contribution < 1.29 is 0 Å². The third-order valence-corrected chi connectivity index (χ3v) is 5.00. The maximum atomic E-state index is 9.54. The summed E-state index contributed by atoms with van der Waals surface area (Å²) in [5.74, 6) is 0. The molecule has 1 N–H and O–H groups in total. The van der Waals surface area contributed by atoms with Crippen LogP contribution in [0.15, 0.2) is 41.9 Å².